The van der Waals surface area contributed by atoms with Gasteiger partial charge in [-0.15, -0.1) is 0 Å². The molecule has 0 aliphatic carbocycles. The molecule has 0 amide bonds. The number of aromatic hydroxyl groups is 1. The highest BCUT2D eigenvalue weighted by atomic mass is 16.5. The standard InChI is InChI=1S/C17H16N2O2/c1-21-14-6-5-13(17(20)9-14)11-19-16-4-2-3-12-10-18-8-7-15(12)16/h2-10,19-20H,11H2,1H3. The lowest BCUT2D eigenvalue weighted by molar-refractivity contribution is 0.406. The highest BCUT2D eigenvalue weighted by molar-refractivity contribution is 5.93. The number of phenols is 1. The Morgan fingerprint density at radius 3 is 2.90 bits per heavy atom. The first-order valence-electron chi connectivity index (χ1n) is 6.70. The highest BCUT2D eigenvalue weighted by Crippen LogP contribution is 2.26. The van der Waals surface area contributed by atoms with E-state index in [4.69, 9.17) is 4.74 Å². The van der Waals surface area contributed by atoms with Crippen LogP contribution in [0.5, 0.6) is 11.5 Å². The minimum atomic E-state index is 0.226. The van der Waals surface area contributed by atoms with Gasteiger partial charge in [0.1, 0.15) is 11.5 Å². The van der Waals surface area contributed by atoms with Crippen LogP contribution in [0.1, 0.15) is 5.56 Å². The molecule has 21 heavy (non-hydrogen) atoms. The van der Waals surface area contributed by atoms with Crippen molar-refractivity contribution in [2.45, 2.75) is 6.54 Å². The third-order valence-electron chi connectivity index (χ3n) is 3.44. The van der Waals surface area contributed by atoms with E-state index in [1.54, 1.807) is 19.4 Å². The van der Waals surface area contributed by atoms with Gasteiger partial charge in [0.25, 0.3) is 0 Å². The van der Waals surface area contributed by atoms with Crippen molar-refractivity contribution in [1.82, 2.24) is 4.98 Å². The molecule has 0 radical (unpaired) electrons. The zero-order valence-electron chi connectivity index (χ0n) is 11.7. The molecule has 2 aromatic carbocycles. The summed E-state index contributed by atoms with van der Waals surface area (Å²) in [6.07, 6.45) is 3.61. The second-order valence-corrected chi connectivity index (χ2v) is 4.75. The van der Waals surface area contributed by atoms with E-state index in [9.17, 15) is 5.11 Å². The number of aromatic nitrogens is 1. The summed E-state index contributed by atoms with van der Waals surface area (Å²) >= 11 is 0. The van der Waals surface area contributed by atoms with Crippen LogP contribution in [0.3, 0.4) is 0 Å². The summed E-state index contributed by atoms with van der Waals surface area (Å²) in [5.41, 5.74) is 1.84. The number of ether oxygens (including phenoxy) is 1. The average Bonchev–Trinajstić information content (AvgIpc) is 2.53. The Labute approximate surface area is 123 Å². The third-order valence-corrected chi connectivity index (χ3v) is 3.44. The monoisotopic (exact) mass is 280 g/mol. The number of nitrogens with zero attached hydrogens (tertiary/aromatic N) is 1. The van der Waals surface area contributed by atoms with Gasteiger partial charge >= 0.3 is 0 Å². The molecule has 4 nitrogen and oxygen atoms in total. The van der Waals surface area contributed by atoms with Crippen molar-refractivity contribution in [2.24, 2.45) is 0 Å². The topological polar surface area (TPSA) is 54.4 Å². The number of pyridine rings is 1. The smallest absolute Gasteiger partial charge is 0.124 e. The molecule has 0 spiro atoms. The Bertz CT molecular complexity index is 766. The van der Waals surface area contributed by atoms with Gasteiger partial charge in [0, 0.05) is 47.0 Å². The molecule has 4 heteroatoms. The van der Waals surface area contributed by atoms with Crippen LogP contribution >= 0.6 is 0 Å². The molecule has 0 aliphatic heterocycles. The normalized spacial score (nSPS) is 10.5. The van der Waals surface area contributed by atoms with Gasteiger partial charge in [-0.2, -0.15) is 0 Å². The van der Waals surface area contributed by atoms with Gasteiger partial charge in [-0.1, -0.05) is 12.1 Å². The van der Waals surface area contributed by atoms with Crippen molar-refractivity contribution >= 4 is 16.5 Å². The van der Waals surface area contributed by atoms with Crippen LogP contribution in [0.15, 0.2) is 54.9 Å². The summed E-state index contributed by atoms with van der Waals surface area (Å²) in [7, 11) is 1.58. The molecule has 106 valence electrons. The van der Waals surface area contributed by atoms with Gasteiger partial charge in [0.15, 0.2) is 0 Å². The van der Waals surface area contributed by atoms with Gasteiger partial charge in [-0.05, 0) is 24.3 Å². The molecular weight excluding hydrogens is 264 g/mol. The molecule has 2 N–H and O–H groups in total. The van der Waals surface area contributed by atoms with E-state index in [1.807, 2.05) is 42.6 Å². The van der Waals surface area contributed by atoms with Crippen molar-refractivity contribution in [2.75, 3.05) is 12.4 Å². The first-order valence-corrected chi connectivity index (χ1v) is 6.70. The number of phenolic OH excluding ortho intramolecular Hbond substituents is 1. The average molecular weight is 280 g/mol. The number of methoxy groups -OCH3 is 1. The number of nitrogens with one attached hydrogen (secondary N) is 1. The number of hydrogen-bond acceptors (Lipinski definition) is 4. The Kier molecular flexibility index (Phi) is 3.60. The number of fused-ring (bicyclic) bond motifs is 1. The van der Waals surface area contributed by atoms with Crippen molar-refractivity contribution < 1.29 is 9.84 Å². The predicted molar refractivity (Wildman–Crippen MR) is 83.7 cm³/mol. The molecule has 1 heterocycles. The molecule has 3 rings (SSSR count). The Morgan fingerprint density at radius 2 is 2.10 bits per heavy atom. The van der Waals surface area contributed by atoms with Gasteiger partial charge in [-0.3, -0.25) is 4.98 Å². The van der Waals surface area contributed by atoms with Crippen molar-refractivity contribution in [1.29, 1.82) is 0 Å². The lowest BCUT2D eigenvalue weighted by Crippen LogP contribution is -2.00. The van der Waals surface area contributed by atoms with Crippen molar-refractivity contribution in [3.05, 3.63) is 60.4 Å². The summed E-state index contributed by atoms with van der Waals surface area (Å²) in [5.74, 6) is 0.872. The summed E-state index contributed by atoms with van der Waals surface area (Å²) in [5, 5.41) is 15.5. The van der Waals surface area contributed by atoms with E-state index in [2.05, 4.69) is 10.3 Å². The first-order chi connectivity index (χ1) is 10.3. The van der Waals surface area contributed by atoms with Crippen LogP contribution in [-0.4, -0.2) is 17.2 Å². The van der Waals surface area contributed by atoms with Gasteiger partial charge in [-0.25, -0.2) is 0 Å². The molecule has 0 saturated carbocycles. The van der Waals surface area contributed by atoms with Gasteiger partial charge in [0.2, 0.25) is 0 Å². The number of anilines is 1. The fraction of sp³-hybridized carbons (Fsp3) is 0.118. The largest absolute Gasteiger partial charge is 0.507 e. The zero-order valence-corrected chi connectivity index (χ0v) is 11.7. The van der Waals surface area contributed by atoms with Crippen LogP contribution < -0.4 is 10.1 Å². The zero-order chi connectivity index (χ0) is 14.7. The second-order valence-electron chi connectivity index (χ2n) is 4.75. The number of hydrogen-bond donors (Lipinski definition) is 2. The molecule has 0 saturated heterocycles. The third kappa shape index (κ3) is 2.74. The second kappa shape index (κ2) is 5.71. The van der Waals surface area contributed by atoms with E-state index in [0.717, 1.165) is 22.0 Å². The van der Waals surface area contributed by atoms with E-state index in [0.29, 0.717) is 12.3 Å². The predicted octanol–water partition coefficient (Wildman–Crippen LogP) is 3.56. The van der Waals surface area contributed by atoms with Gasteiger partial charge in [0.05, 0.1) is 7.11 Å². The lowest BCUT2D eigenvalue weighted by atomic mass is 10.1. The van der Waals surface area contributed by atoms with Crippen LogP contribution in [0.4, 0.5) is 5.69 Å². The fourth-order valence-corrected chi connectivity index (χ4v) is 2.29. The van der Waals surface area contributed by atoms with Crippen molar-refractivity contribution in [3.8, 4) is 11.5 Å². The summed E-state index contributed by atoms with van der Waals surface area (Å²) in [4.78, 5) is 4.12. The van der Waals surface area contributed by atoms with Crippen LogP contribution in [0.2, 0.25) is 0 Å². The molecule has 0 fully saturated rings. The van der Waals surface area contributed by atoms with E-state index < -0.39 is 0 Å². The lowest BCUT2D eigenvalue weighted by Gasteiger charge is -2.11. The molecule has 0 unspecified atom stereocenters. The molecule has 1 aromatic heterocycles. The SMILES string of the molecule is COc1ccc(CNc2cccc3cnccc23)c(O)c1. The minimum Gasteiger partial charge on any atom is -0.507 e. The Morgan fingerprint density at radius 1 is 1.19 bits per heavy atom. The van der Waals surface area contributed by atoms with E-state index in [1.165, 1.54) is 0 Å². The van der Waals surface area contributed by atoms with Crippen LogP contribution in [-0.2, 0) is 6.54 Å². The van der Waals surface area contributed by atoms with E-state index >= 15 is 0 Å². The molecule has 3 aromatic rings. The molecule has 0 atom stereocenters. The summed E-state index contributed by atoms with van der Waals surface area (Å²) < 4.78 is 5.08. The Hall–Kier alpha value is -2.75. The fourth-order valence-electron chi connectivity index (χ4n) is 2.29. The van der Waals surface area contributed by atoms with Gasteiger partial charge < -0.3 is 15.2 Å². The highest BCUT2D eigenvalue weighted by Gasteiger charge is 2.05. The molecule has 0 aliphatic rings. The molecule has 0 bridgehead atoms. The molecular formula is C17H16N2O2. The first kappa shape index (κ1) is 13.2. The minimum absolute atomic E-state index is 0.226. The van der Waals surface area contributed by atoms with Crippen LogP contribution in [0, 0.1) is 0 Å². The number of rotatable bonds is 4. The maximum absolute atomic E-state index is 9.98. The number of benzene rings is 2. The maximum atomic E-state index is 9.98. The summed E-state index contributed by atoms with van der Waals surface area (Å²) in [6.45, 7) is 0.539. The van der Waals surface area contributed by atoms with Crippen molar-refractivity contribution in [3.63, 3.8) is 0 Å². The van der Waals surface area contributed by atoms with Crippen LogP contribution in [0.25, 0.3) is 10.8 Å². The quantitative estimate of drug-likeness (QED) is 0.767. The summed E-state index contributed by atoms with van der Waals surface area (Å²) in [6, 6.07) is 13.3. The Balaban J connectivity index is 1.84. The maximum Gasteiger partial charge on any atom is 0.124 e. The van der Waals surface area contributed by atoms with E-state index in [-0.39, 0.29) is 5.75 Å².